The van der Waals surface area contributed by atoms with Gasteiger partial charge in [-0.15, -0.1) is 0 Å². The predicted octanol–water partition coefficient (Wildman–Crippen LogP) is 1.77. The van der Waals surface area contributed by atoms with Crippen molar-refractivity contribution in [3.63, 3.8) is 0 Å². The Bertz CT molecular complexity index is 1100. The van der Waals surface area contributed by atoms with Crippen LogP contribution in [0.3, 0.4) is 0 Å². The molecule has 150 valence electrons. The first-order chi connectivity index (χ1) is 14.0. The molecule has 0 saturated carbocycles. The molecule has 29 heavy (non-hydrogen) atoms. The van der Waals surface area contributed by atoms with Gasteiger partial charge in [0.1, 0.15) is 0 Å². The van der Waals surface area contributed by atoms with Crippen LogP contribution in [-0.2, 0) is 4.79 Å². The molecule has 1 aliphatic rings. The minimum Gasteiger partial charge on any atom is -0.481 e. The number of nitrogens with two attached hydrogens (primary N) is 1. The van der Waals surface area contributed by atoms with Crippen molar-refractivity contribution in [2.24, 2.45) is 0 Å². The predicted molar refractivity (Wildman–Crippen MR) is 113 cm³/mol. The van der Waals surface area contributed by atoms with Gasteiger partial charge >= 0.3 is 5.97 Å². The molecule has 1 aliphatic heterocycles. The van der Waals surface area contributed by atoms with E-state index in [0.29, 0.717) is 23.3 Å². The summed E-state index contributed by atoms with van der Waals surface area (Å²) in [6.07, 6.45) is 0.164. The first-order valence-corrected chi connectivity index (χ1v) is 9.59. The molecule has 1 saturated heterocycles. The lowest BCUT2D eigenvalue weighted by molar-refractivity contribution is -0.137. The third-order valence-corrected chi connectivity index (χ3v) is 5.35. The fraction of sp³-hybridized carbons (Fsp3) is 0.286. The molecule has 1 fully saturated rings. The summed E-state index contributed by atoms with van der Waals surface area (Å²) < 4.78 is 0. The standard InChI is InChI=1S/C21H23N5O3/c22-17-13-14(20-15-3-1-2-4-16(15)21(29)24-23-20)5-6-18(17)26-11-9-25(10-12-26)8-7-19(27)28/h1-6,13H,7-12,22H2,(H,24,29)(H,27,28). The molecular weight excluding hydrogens is 370 g/mol. The van der Waals surface area contributed by atoms with Gasteiger partial charge in [-0.25, -0.2) is 5.10 Å². The molecule has 0 aliphatic carbocycles. The van der Waals surface area contributed by atoms with Crippen molar-refractivity contribution >= 4 is 28.1 Å². The van der Waals surface area contributed by atoms with Crippen LogP contribution in [0, 0.1) is 0 Å². The molecule has 4 N–H and O–H groups in total. The van der Waals surface area contributed by atoms with Gasteiger partial charge in [0.2, 0.25) is 0 Å². The Morgan fingerprint density at radius 2 is 1.83 bits per heavy atom. The zero-order valence-corrected chi connectivity index (χ0v) is 16.0. The van der Waals surface area contributed by atoms with E-state index in [1.54, 1.807) is 6.07 Å². The number of carboxylic acids is 1. The summed E-state index contributed by atoms with van der Waals surface area (Å²) in [5, 5.41) is 17.0. The van der Waals surface area contributed by atoms with Crippen LogP contribution in [-0.4, -0.2) is 58.9 Å². The number of nitrogens with zero attached hydrogens (tertiary/aromatic N) is 3. The Morgan fingerprint density at radius 3 is 2.52 bits per heavy atom. The highest BCUT2D eigenvalue weighted by Gasteiger charge is 2.20. The number of H-pyrrole nitrogens is 1. The molecule has 0 radical (unpaired) electrons. The lowest BCUT2D eigenvalue weighted by Crippen LogP contribution is -2.47. The van der Waals surface area contributed by atoms with Crippen LogP contribution in [0.2, 0.25) is 0 Å². The number of hydrogen-bond donors (Lipinski definition) is 3. The number of benzene rings is 2. The van der Waals surface area contributed by atoms with Gasteiger partial charge in [0.15, 0.2) is 0 Å². The Balaban J connectivity index is 1.55. The van der Waals surface area contributed by atoms with Crippen molar-refractivity contribution in [1.82, 2.24) is 15.1 Å². The van der Waals surface area contributed by atoms with E-state index < -0.39 is 5.97 Å². The highest BCUT2D eigenvalue weighted by molar-refractivity contribution is 5.94. The molecule has 0 unspecified atom stereocenters. The molecule has 4 rings (SSSR count). The fourth-order valence-electron chi connectivity index (χ4n) is 3.79. The number of carbonyl (C=O) groups is 1. The number of fused-ring (bicyclic) bond motifs is 1. The van der Waals surface area contributed by atoms with Crippen LogP contribution in [0.15, 0.2) is 47.3 Å². The summed E-state index contributed by atoms with van der Waals surface area (Å²) in [5.41, 5.74) is 9.30. The fourth-order valence-corrected chi connectivity index (χ4v) is 3.79. The van der Waals surface area contributed by atoms with Crippen molar-refractivity contribution < 1.29 is 9.90 Å². The maximum atomic E-state index is 12.0. The van der Waals surface area contributed by atoms with E-state index in [4.69, 9.17) is 10.8 Å². The van der Waals surface area contributed by atoms with E-state index >= 15 is 0 Å². The van der Waals surface area contributed by atoms with Gasteiger partial charge in [-0.3, -0.25) is 14.5 Å². The Kier molecular flexibility index (Phi) is 5.18. The molecule has 1 aromatic heterocycles. The second kappa shape index (κ2) is 7.92. The molecular formula is C21H23N5O3. The van der Waals surface area contributed by atoms with Gasteiger partial charge in [0, 0.05) is 43.7 Å². The lowest BCUT2D eigenvalue weighted by Gasteiger charge is -2.36. The third-order valence-electron chi connectivity index (χ3n) is 5.35. The monoisotopic (exact) mass is 393 g/mol. The van der Waals surface area contributed by atoms with Crippen molar-refractivity contribution in [2.75, 3.05) is 43.4 Å². The van der Waals surface area contributed by atoms with E-state index in [0.717, 1.165) is 42.8 Å². The minimum atomic E-state index is -0.768. The summed E-state index contributed by atoms with van der Waals surface area (Å²) in [5.74, 6) is -0.768. The molecule has 8 heteroatoms. The Morgan fingerprint density at radius 1 is 1.10 bits per heavy atom. The average Bonchev–Trinajstić information content (AvgIpc) is 2.73. The SMILES string of the molecule is Nc1cc(-c2n[nH]c(=O)c3ccccc23)ccc1N1CCN(CCC(=O)O)CC1. The van der Waals surface area contributed by atoms with Crippen molar-refractivity contribution in [3.05, 3.63) is 52.8 Å². The van der Waals surface area contributed by atoms with Gasteiger partial charge in [0.05, 0.1) is 28.9 Å². The van der Waals surface area contributed by atoms with Crippen LogP contribution in [0.5, 0.6) is 0 Å². The minimum absolute atomic E-state index is 0.164. The highest BCUT2D eigenvalue weighted by atomic mass is 16.4. The van der Waals surface area contributed by atoms with Crippen LogP contribution in [0.4, 0.5) is 11.4 Å². The number of aromatic nitrogens is 2. The molecule has 0 spiro atoms. The van der Waals surface area contributed by atoms with Crippen molar-refractivity contribution in [1.29, 1.82) is 0 Å². The zero-order chi connectivity index (χ0) is 20.4. The van der Waals surface area contributed by atoms with E-state index in [9.17, 15) is 9.59 Å². The summed E-state index contributed by atoms with van der Waals surface area (Å²) in [6, 6.07) is 13.2. The van der Waals surface area contributed by atoms with E-state index in [-0.39, 0.29) is 12.0 Å². The van der Waals surface area contributed by atoms with Crippen LogP contribution >= 0.6 is 0 Å². The number of rotatable bonds is 5. The van der Waals surface area contributed by atoms with E-state index in [2.05, 4.69) is 20.0 Å². The zero-order valence-electron chi connectivity index (χ0n) is 16.0. The number of piperazine rings is 1. The number of aromatic amines is 1. The Labute approximate surface area is 167 Å². The van der Waals surface area contributed by atoms with Crippen molar-refractivity contribution in [3.8, 4) is 11.3 Å². The maximum absolute atomic E-state index is 12.0. The number of hydrogen-bond acceptors (Lipinski definition) is 6. The lowest BCUT2D eigenvalue weighted by atomic mass is 10.0. The van der Waals surface area contributed by atoms with Crippen LogP contribution < -0.4 is 16.2 Å². The smallest absolute Gasteiger partial charge is 0.304 e. The van der Waals surface area contributed by atoms with Crippen molar-refractivity contribution in [2.45, 2.75) is 6.42 Å². The molecule has 2 heterocycles. The highest BCUT2D eigenvalue weighted by Crippen LogP contribution is 2.31. The molecule has 8 nitrogen and oxygen atoms in total. The largest absolute Gasteiger partial charge is 0.481 e. The topological polar surface area (TPSA) is 116 Å². The first-order valence-electron chi connectivity index (χ1n) is 9.59. The second-order valence-electron chi connectivity index (χ2n) is 7.19. The average molecular weight is 393 g/mol. The van der Waals surface area contributed by atoms with Gasteiger partial charge in [-0.2, -0.15) is 5.10 Å². The number of anilines is 2. The van der Waals surface area contributed by atoms with Gasteiger partial charge in [-0.05, 0) is 18.2 Å². The summed E-state index contributed by atoms with van der Waals surface area (Å²) in [4.78, 5) is 27.1. The summed E-state index contributed by atoms with van der Waals surface area (Å²) in [6.45, 7) is 3.77. The van der Waals surface area contributed by atoms with Crippen LogP contribution in [0.25, 0.3) is 22.0 Å². The number of nitrogens with one attached hydrogen (secondary N) is 1. The maximum Gasteiger partial charge on any atom is 0.304 e. The summed E-state index contributed by atoms with van der Waals surface area (Å²) >= 11 is 0. The third kappa shape index (κ3) is 3.93. The van der Waals surface area contributed by atoms with Gasteiger partial charge in [-0.1, -0.05) is 24.3 Å². The van der Waals surface area contributed by atoms with E-state index in [1.807, 2.05) is 36.4 Å². The summed E-state index contributed by atoms with van der Waals surface area (Å²) in [7, 11) is 0. The molecule has 0 atom stereocenters. The first kappa shape index (κ1) is 18.9. The van der Waals surface area contributed by atoms with Gasteiger partial charge < -0.3 is 15.7 Å². The van der Waals surface area contributed by atoms with E-state index in [1.165, 1.54) is 0 Å². The number of carboxylic acid groups (broad SMARTS) is 1. The van der Waals surface area contributed by atoms with Crippen LogP contribution in [0.1, 0.15) is 6.42 Å². The quantitative estimate of drug-likeness (QED) is 0.566. The normalized spacial score (nSPS) is 15.0. The number of nitrogen functional groups attached to an aromatic ring is 1. The molecule has 3 aromatic rings. The molecule has 0 bridgehead atoms. The number of aliphatic carboxylic acids is 1. The Hall–Kier alpha value is -3.39. The van der Waals surface area contributed by atoms with Gasteiger partial charge in [0.25, 0.3) is 5.56 Å². The molecule has 2 aromatic carbocycles. The molecule has 0 amide bonds. The second-order valence-corrected chi connectivity index (χ2v) is 7.19.